The summed E-state index contributed by atoms with van der Waals surface area (Å²) in [5.41, 5.74) is 3.22. The molecular formula is C24H21N3O2S2. The number of hydrogen-bond acceptors (Lipinski definition) is 5. The Morgan fingerprint density at radius 3 is 2.65 bits per heavy atom. The Morgan fingerprint density at radius 1 is 1.03 bits per heavy atom. The highest BCUT2D eigenvalue weighted by atomic mass is 32.1. The Labute approximate surface area is 190 Å². The van der Waals surface area contributed by atoms with Crippen molar-refractivity contribution in [3.05, 3.63) is 78.4 Å². The van der Waals surface area contributed by atoms with Crippen molar-refractivity contribution < 1.29 is 9.53 Å². The van der Waals surface area contributed by atoms with E-state index in [0.29, 0.717) is 11.3 Å². The standard InChI is InChI=1S/C24H21N3O2S2/c1-15(2)29-19-10-6-7-16(14-19)22(28)27-24(30)25-18-9-5-8-17(13-18)23-26-20-11-3-4-12-21(20)31-23/h3-15H,1-2H3,(H2,25,27,28,30). The molecule has 1 heterocycles. The van der Waals surface area contributed by atoms with Gasteiger partial charge in [-0.3, -0.25) is 10.1 Å². The Balaban J connectivity index is 1.44. The van der Waals surface area contributed by atoms with Crippen molar-refractivity contribution in [1.82, 2.24) is 10.3 Å². The number of carbonyl (C=O) groups excluding carboxylic acids is 1. The van der Waals surface area contributed by atoms with Crippen LogP contribution in [0.3, 0.4) is 0 Å². The minimum atomic E-state index is -0.297. The van der Waals surface area contributed by atoms with Crippen LogP contribution in [0.4, 0.5) is 5.69 Å². The number of nitrogens with one attached hydrogen (secondary N) is 2. The molecule has 2 N–H and O–H groups in total. The molecule has 4 aromatic rings. The predicted molar refractivity (Wildman–Crippen MR) is 131 cm³/mol. The molecule has 0 aliphatic rings. The van der Waals surface area contributed by atoms with Crippen molar-refractivity contribution in [3.8, 4) is 16.3 Å². The Bertz CT molecular complexity index is 1220. The highest BCUT2D eigenvalue weighted by molar-refractivity contribution is 7.80. The number of anilines is 1. The average Bonchev–Trinajstić information content (AvgIpc) is 3.18. The van der Waals surface area contributed by atoms with Gasteiger partial charge in [0.25, 0.3) is 5.91 Å². The maximum absolute atomic E-state index is 12.6. The van der Waals surface area contributed by atoms with Crippen LogP contribution in [0, 0.1) is 0 Å². The van der Waals surface area contributed by atoms with Gasteiger partial charge < -0.3 is 10.1 Å². The molecule has 0 unspecified atom stereocenters. The van der Waals surface area contributed by atoms with Gasteiger partial charge in [0.2, 0.25) is 0 Å². The smallest absolute Gasteiger partial charge is 0.257 e. The zero-order chi connectivity index (χ0) is 21.8. The summed E-state index contributed by atoms with van der Waals surface area (Å²) in [4.78, 5) is 17.3. The molecule has 1 amide bonds. The van der Waals surface area contributed by atoms with Gasteiger partial charge in [-0.2, -0.15) is 0 Å². The average molecular weight is 448 g/mol. The fourth-order valence-electron chi connectivity index (χ4n) is 3.05. The Kier molecular flexibility index (Phi) is 6.25. The molecule has 7 heteroatoms. The van der Waals surface area contributed by atoms with Gasteiger partial charge >= 0.3 is 0 Å². The number of hydrogen-bond donors (Lipinski definition) is 2. The molecule has 0 spiro atoms. The lowest BCUT2D eigenvalue weighted by molar-refractivity contribution is 0.0977. The molecule has 0 fully saturated rings. The third-order valence-electron chi connectivity index (χ3n) is 4.36. The van der Waals surface area contributed by atoms with Gasteiger partial charge in [0.05, 0.1) is 16.3 Å². The van der Waals surface area contributed by atoms with Crippen molar-refractivity contribution >= 4 is 50.5 Å². The summed E-state index contributed by atoms with van der Waals surface area (Å²) in [6.07, 6.45) is 0.0313. The van der Waals surface area contributed by atoms with Gasteiger partial charge in [0.15, 0.2) is 5.11 Å². The van der Waals surface area contributed by atoms with Crippen LogP contribution in [0.15, 0.2) is 72.8 Å². The summed E-state index contributed by atoms with van der Waals surface area (Å²) in [5, 5.41) is 6.95. The second-order valence-corrected chi connectivity index (χ2v) is 8.61. The molecule has 0 saturated carbocycles. The summed E-state index contributed by atoms with van der Waals surface area (Å²) < 4.78 is 6.79. The number of thiazole rings is 1. The van der Waals surface area contributed by atoms with E-state index < -0.39 is 0 Å². The fourth-order valence-corrected chi connectivity index (χ4v) is 4.22. The first-order chi connectivity index (χ1) is 15.0. The quantitative estimate of drug-likeness (QED) is 0.374. The van der Waals surface area contributed by atoms with Crippen LogP contribution in [0.2, 0.25) is 0 Å². The third-order valence-corrected chi connectivity index (χ3v) is 5.65. The Hall–Kier alpha value is -3.29. The lowest BCUT2D eigenvalue weighted by Crippen LogP contribution is -2.34. The summed E-state index contributed by atoms with van der Waals surface area (Å²) in [5.74, 6) is 0.346. The second kappa shape index (κ2) is 9.24. The number of rotatable bonds is 5. The predicted octanol–water partition coefficient (Wildman–Crippen LogP) is 5.88. The topological polar surface area (TPSA) is 63.2 Å². The maximum atomic E-state index is 12.6. The van der Waals surface area contributed by atoms with Gasteiger partial charge in [-0.15, -0.1) is 11.3 Å². The number of fused-ring (bicyclic) bond motifs is 1. The van der Waals surface area contributed by atoms with Crippen LogP contribution in [0.5, 0.6) is 5.75 Å². The van der Waals surface area contributed by atoms with Crippen LogP contribution < -0.4 is 15.4 Å². The molecule has 156 valence electrons. The van der Waals surface area contributed by atoms with Crippen molar-refractivity contribution in [2.45, 2.75) is 20.0 Å². The lowest BCUT2D eigenvalue weighted by atomic mass is 10.2. The van der Waals surface area contributed by atoms with Gasteiger partial charge in [0.1, 0.15) is 10.8 Å². The van der Waals surface area contributed by atoms with Gasteiger partial charge in [-0.1, -0.05) is 30.3 Å². The van der Waals surface area contributed by atoms with Crippen LogP contribution in [0.25, 0.3) is 20.8 Å². The van der Waals surface area contributed by atoms with E-state index in [2.05, 4.69) is 16.7 Å². The Morgan fingerprint density at radius 2 is 1.84 bits per heavy atom. The minimum Gasteiger partial charge on any atom is -0.491 e. The largest absolute Gasteiger partial charge is 0.491 e. The molecule has 0 atom stereocenters. The van der Waals surface area contributed by atoms with E-state index in [1.807, 2.05) is 62.4 Å². The number of nitrogens with zero attached hydrogens (tertiary/aromatic N) is 1. The van der Waals surface area contributed by atoms with Crippen LogP contribution in [-0.4, -0.2) is 22.1 Å². The number of ether oxygens (including phenoxy) is 1. The van der Waals surface area contributed by atoms with Crippen LogP contribution in [-0.2, 0) is 0 Å². The van der Waals surface area contributed by atoms with Crippen molar-refractivity contribution in [2.75, 3.05) is 5.32 Å². The van der Waals surface area contributed by atoms with E-state index in [-0.39, 0.29) is 17.1 Å². The number of carbonyl (C=O) groups is 1. The summed E-state index contributed by atoms with van der Waals surface area (Å²) in [6.45, 7) is 3.88. The van der Waals surface area contributed by atoms with Gasteiger partial charge in [-0.05, 0) is 68.5 Å². The number of para-hydroxylation sites is 1. The molecule has 0 bridgehead atoms. The van der Waals surface area contributed by atoms with E-state index >= 15 is 0 Å². The van der Waals surface area contributed by atoms with E-state index in [1.165, 1.54) is 0 Å². The molecule has 31 heavy (non-hydrogen) atoms. The number of amides is 1. The second-order valence-electron chi connectivity index (χ2n) is 7.17. The van der Waals surface area contributed by atoms with Crippen LogP contribution >= 0.6 is 23.6 Å². The summed E-state index contributed by atoms with van der Waals surface area (Å²) >= 11 is 6.98. The summed E-state index contributed by atoms with van der Waals surface area (Å²) in [7, 11) is 0. The van der Waals surface area contributed by atoms with E-state index in [9.17, 15) is 4.79 Å². The lowest BCUT2D eigenvalue weighted by Gasteiger charge is -2.12. The zero-order valence-electron chi connectivity index (χ0n) is 17.1. The van der Waals surface area contributed by atoms with E-state index in [4.69, 9.17) is 21.9 Å². The molecule has 0 aliphatic heterocycles. The third kappa shape index (κ3) is 5.25. The number of aromatic nitrogens is 1. The molecule has 5 nitrogen and oxygen atoms in total. The highest BCUT2D eigenvalue weighted by Gasteiger charge is 2.11. The van der Waals surface area contributed by atoms with Crippen molar-refractivity contribution in [2.24, 2.45) is 0 Å². The first kappa shape index (κ1) is 21.0. The fraction of sp³-hybridized carbons (Fsp3) is 0.125. The zero-order valence-corrected chi connectivity index (χ0v) is 18.7. The normalized spacial score (nSPS) is 10.8. The molecule has 0 aliphatic carbocycles. The maximum Gasteiger partial charge on any atom is 0.257 e. The molecular weight excluding hydrogens is 426 g/mol. The van der Waals surface area contributed by atoms with Crippen molar-refractivity contribution in [1.29, 1.82) is 0 Å². The van der Waals surface area contributed by atoms with Gasteiger partial charge in [0, 0.05) is 16.8 Å². The number of thiocarbonyl (C=S) groups is 1. The monoisotopic (exact) mass is 447 g/mol. The number of benzene rings is 3. The van der Waals surface area contributed by atoms with E-state index in [0.717, 1.165) is 26.5 Å². The minimum absolute atomic E-state index is 0.0313. The molecule has 1 aromatic heterocycles. The first-order valence-corrected chi connectivity index (χ1v) is 11.1. The van der Waals surface area contributed by atoms with Crippen LogP contribution in [0.1, 0.15) is 24.2 Å². The molecule has 3 aromatic carbocycles. The van der Waals surface area contributed by atoms with E-state index in [1.54, 1.807) is 29.5 Å². The van der Waals surface area contributed by atoms with Gasteiger partial charge in [-0.25, -0.2) is 4.98 Å². The molecule has 4 rings (SSSR count). The first-order valence-electron chi connectivity index (χ1n) is 9.83. The highest BCUT2D eigenvalue weighted by Crippen LogP contribution is 2.31. The molecule has 0 radical (unpaired) electrons. The van der Waals surface area contributed by atoms with Crippen molar-refractivity contribution in [3.63, 3.8) is 0 Å². The summed E-state index contributed by atoms with van der Waals surface area (Å²) in [6, 6.07) is 22.9. The SMILES string of the molecule is CC(C)Oc1cccc(C(=O)NC(=S)Nc2cccc(-c3nc4ccccc4s3)c2)c1. The molecule has 0 saturated heterocycles.